The summed E-state index contributed by atoms with van der Waals surface area (Å²) in [7, 11) is 0. The predicted molar refractivity (Wildman–Crippen MR) is 140 cm³/mol. The standard InChI is InChI=1S/C24H30N8O2.ClH/c1-2-3-10-20-30-21-22(17-8-4-5-9-18(17)29-23(21)25)32(20)34-14-7-6-13-27-24(33)16-11-12-19(31-26)28-15-16;/h4-5,8-9,11-12,15H,2-3,6-7,10,13-14,26H2,1H3,(H2,25,29)(H,27,33)(H,28,31);1H. The molecule has 10 nitrogen and oxygen atoms in total. The van der Waals surface area contributed by atoms with Crippen molar-refractivity contribution in [1.29, 1.82) is 0 Å². The van der Waals surface area contributed by atoms with E-state index in [1.54, 1.807) is 12.1 Å². The molecule has 6 N–H and O–H groups in total. The van der Waals surface area contributed by atoms with Crippen LogP contribution in [0.15, 0.2) is 42.6 Å². The Balaban J connectivity index is 0.00000342. The lowest BCUT2D eigenvalue weighted by atomic mass is 10.2. The van der Waals surface area contributed by atoms with E-state index in [9.17, 15) is 4.79 Å². The number of nitrogen functional groups attached to an aromatic ring is 2. The Hall–Kier alpha value is -3.63. The Bertz CT molecular complexity index is 1280. The van der Waals surface area contributed by atoms with Crippen molar-refractivity contribution in [2.24, 2.45) is 5.84 Å². The van der Waals surface area contributed by atoms with Gasteiger partial charge in [0.25, 0.3) is 5.91 Å². The quantitative estimate of drug-likeness (QED) is 0.140. The molecule has 4 aromatic rings. The van der Waals surface area contributed by atoms with Crippen LogP contribution in [-0.4, -0.2) is 38.7 Å². The Labute approximate surface area is 209 Å². The lowest BCUT2D eigenvalue weighted by Crippen LogP contribution is -2.25. The molecule has 35 heavy (non-hydrogen) atoms. The van der Waals surface area contributed by atoms with Crippen LogP contribution in [-0.2, 0) is 6.42 Å². The molecule has 3 heterocycles. The molecule has 0 fully saturated rings. The van der Waals surface area contributed by atoms with Crippen molar-refractivity contribution < 1.29 is 9.63 Å². The van der Waals surface area contributed by atoms with Gasteiger partial charge in [-0.1, -0.05) is 31.5 Å². The minimum absolute atomic E-state index is 0. The number of unbranched alkanes of at least 4 members (excludes halogenated alkanes) is 2. The third kappa shape index (κ3) is 5.90. The highest BCUT2D eigenvalue weighted by atomic mass is 35.5. The summed E-state index contributed by atoms with van der Waals surface area (Å²) >= 11 is 0. The first kappa shape index (κ1) is 26.0. The number of benzene rings is 1. The molecule has 3 aromatic heterocycles. The molecule has 0 saturated heterocycles. The largest absolute Gasteiger partial charge is 0.412 e. The van der Waals surface area contributed by atoms with Gasteiger partial charge >= 0.3 is 0 Å². The van der Waals surface area contributed by atoms with E-state index in [4.69, 9.17) is 21.4 Å². The molecule has 11 heteroatoms. The topological polar surface area (TPSA) is 146 Å². The van der Waals surface area contributed by atoms with E-state index >= 15 is 0 Å². The highest BCUT2D eigenvalue weighted by Crippen LogP contribution is 2.28. The molecule has 4 rings (SSSR count). The van der Waals surface area contributed by atoms with E-state index in [0.717, 1.165) is 54.3 Å². The zero-order valence-electron chi connectivity index (χ0n) is 19.7. The van der Waals surface area contributed by atoms with Gasteiger partial charge in [0.15, 0.2) is 5.82 Å². The van der Waals surface area contributed by atoms with E-state index in [1.165, 1.54) is 6.20 Å². The molecule has 0 aliphatic heterocycles. The minimum Gasteiger partial charge on any atom is -0.412 e. The number of para-hydroxylation sites is 1. The summed E-state index contributed by atoms with van der Waals surface area (Å²) in [5, 5.41) is 3.86. The van der Waals surface area contributed by atoms with Crippen molar-refractivity contribution in [3.05, 3.63) is 54.0 Å². The maximum absolute atomic E-state index is 12.2. The van der Waals surface area contributed by atoms with Gasteiger partial charge in [0.1, 0.15) is 29.3 Å². The van der Waals surface area contributed by atoms with Gasteiger partial charge in [0.2, 0.25) is 0 Å². The molecular weight excluding hydrogens is 468 g/mol. The average Bonchev–Trinajstić information content (AvgIpc) is 3.24. The van der Waals surface area contributed by atoms with Crippen LogP contribution in [0.4, 0.5) is 11.6 Å². The lowest BCUT2D eigenvalue weighted by Gasteiger charge is -2.12. The summed E-state index contributed by atoms with van der Waals surface area (Å²) in [5.74, 6) is 6.88. The number of amides is 1. The summed E-state index contributed by atoms with van der Waals surface area (Å²) in [6.07, 6.45) is 5.87. The van der Waals surface area contributed by atoms with E-state index in [-0.39, 0.29) is 18.3 Å². The van der Waals surface area contributed by atoms with Gasteiger partial charge < -0.3 is 21.3 Å². The number of hydrazine groups is 1. The van der Waals surface area contributed by atoms with Crippen molar-refractivity contribution in [3.8, 4) is 0 Å². The third-order valence-corrected chi connectivity index (χ3v) is 5.55. The van der Waals surface area contributed by atoms with E-state index in [0.29, 0.717) is 35.9 Å². The molecule has 0 bridgehead atoms. The van der Waals surface area contributed by atoms with Crippen LogP contribution in [0.2, 0.25) is 0 Å². The van der Waals surface area contributed by atoms with Crippen molar-refractivity contribution in [2.75, 3.05) is 24.3 Å². The first-order valence-electron chi connectivity index (χ1n) is 11.5. The molecule has 0 spiro atoms. The van der Waals surface area contributed by atoms with Crippen LogP contribution in [0.3, 0.4) is 0 Å². The Morgan fingerprint density at radius 3 is 2.69 bits per heavy atom. The number of pyridine rings is 2. The number of fused-ring (bicyclic) bond motifs is 3. The second-order valence-corrected chi connectivity index (χ2v) is 8.01. The first-order chi connectivity index (χ1) is 16.6. The normalized spacial score (nSPS) is 10.8. The van der Waals surface area contributed by atoms with Crippen molar-refractivity contribution >= 4 is 51.9 Å². The molecular formula is C24H31ClN8O2. The number of imidazole rings is 1. The highest BCUT2D eigenvalue weighted by Gasteiger charge is 2.18. The number of rotatable bonds is 11. The highest BCUT2D eigenvalue weighted by molar-refractivity contribution is 6.06. The fourth-order valence-electron chi connectivity index (χ4n) is 3.75. The van der Waals surface area contributed by atoms with E-state index in [2.05, 4.69) is 27.6 Å². The molecule has 0 unspecified atom stereocenters. The summed E-state index contributed by atoms with van der Waals surface area (Å²) in [6, 6.07) is 11.2. The maximum atomic E-state index is 12.2. The van der Waals surface area contributed by atoms with Crippen molar-refractivity contribution in [2.45, 2.75) is 39.0 Å². The van der Waals surface area contributed by atoms with Gasteiger partial charge in [-0.2, -0.15) is 4.73 Å². The van der Waals surface area contributed by atoms with Gasteiger partial charge in [-0.3, -0.25) is 4.79 Å². The van der Waals surface area contributed by atoms with Crippen LogP contribution in [0, 0.1) is 0 Å². The number of hydrogen-bond acceptors (Lipinski definition) is 8. The molecule has 0 saturated carbocycles. The zero-order valence-corrected chi connectivity index (χ0v) is 20.5. The molecule has 0 aliphatic rings. The Morgan fingerprint density at radius 1 is 1.11 bits per heavy atom. The second kappa shape index (κ2) is 12.2. The van der Waals surface area contributed by atoms with Gasteiger partial charge in [-0.05, 0) is 37.5 Å². The Kier molecular flexibility index (Phi) is 9.04. The summed E-state index contributed by atoms with van der Waals surface area (Å²) in [6.45, 7) is 3.16. The first-order valence-corrected chi connectivity index (χ1v) is 11.5. The fraction of sp³-hybridized carbons (Fsp3) is 0.333. The average molecular weight is 499 g/mol. The van der Waals surface area contributed by atoms with Crippen LogP contribution >= 0.6 is 12.4 Å². The SMILES string of the molecule is CCCCc1nc2c(N)nc3ccccc3c2n1OCCCCNC(=O)c1ccc(NN)nc1.Cl. The van der Waals surface area contributed by atoms with Gasteiger partial charge in [0.05, 0.1) is 11.1 Å². The van der Waals surface area contributed by atoms with Crippen LogP contribution in [0.5, 0.6) is 0 Å². The molecule has 0 atom stereocenters. The zero-order chi connectivity index (χ0) is 23.9. The number of anilines is 2. The summed E-state index contributed by atoms with van der Waals surface area (Å²) < 4.78 is 1.82. The van der Waals surface area contributed by atoms with Crippen molar-refractivity contribution in [3.63, 3.8) is 0 Å². The number of nitrogens with two attached hydrogens (primary N) is 2. The predicted octanol–water partition coefficient (Wildman–Crippen LogP) is 3.25. The molecule has 186 valence electrons. The number of aromatic nitrogens is 4. The van der Waals surface area contributed by atoms with Crippen LogP contribution < -0.4 is 27.2 Å². The van der Waals surface area contributed by atoms with Crippen LogP contribution in [0.25, 0.3) is 21.9 Å². The summed E-state index contributed by atoms with van der Waals surface area (Å²) in [5.41, 5.74) is 11.5. The van der Waals surface area contributed by atoms with Gasteiger partial charge in [-0.25, -0.2) is 20.8 Å². The molecule has 1 aromatic carbocycles. The lowest BCUT2D eigenvalue weighted by molar-refractivity contribution is 0.0943. The minimum atomic E-state index is -0.172. The van der Waals surface area contributed by atoms with E-state index < -0.39 is 0 Å². The van der Waals surface area contributed by atoms with E-state index in [1.807, 2.05) is 29.0 Å². The summed E-state index contributed by atoms with van der Waals surface area (Å²) in [4.78, 5) is 31.8. The number of hydrogen-bond donors (Lipinski definition) is 4. The maximum Gasteiger partial charge on any atom is 0.252 e. The monoisotopic (exact) mass is 498 g/mol. The number of aryl methyl sites for hydroxylation is 1. The number of carbonyl (C=O) groups excluding carboxylic acids is 1. The number of nitrogens with zero attached hydrogens (tertiary/aromatic N) is 4. The third-order valence-electron chi connectivity index (χ3n) is 5.55. The second-order valence-electron chi connectivity index (χ2n) is 8.01. The Morgan fingerprint density at radius 2 is 1.94 bits per heavy atom. The van der Waals surface area contributed by atoms with Crippen molar-refractivity contribution in [1.82, 2.24) is 25.0 Å². The molecule has 1 amide bonds. The van der Waals surface area contributed by atoms with Gasteiger partial charge in [-0.15, -0.1) is 12.4 Å². The molecule has 0 radical (unpaired) electrons. The number of carbonyl (C=O) groups is 1. The fourth-order valence-corrected chi connectivity index (χ4v) is 3.75. The van der Waals surface area contributed by atoms with Gasteiger partial charge in [0, 0.05) is 24.5 Å². The smallest absolute Gasteiger partial charge is 0.252 e. The number of halogens is 1. The van der Waals surface area contributed by atoms with Crippen LogP contribution in [0.1, 0.15) is 48.8 Å². The molecule has 0 aliphatic carbocycles. The number of nitrogens with one attached hydrogen (secondary N) is 2.